The van der Waals surface area contributed by atoms with Crippen LogP contribution in [-0.4, -0.2) is 12.1 Å². The van der Waals surface area contributed by atoms with Crippen molar-refractivity contribution in [3.05, 3.63) is 34.6 Å². The van der Waals surface area contributed by atoms with Gasteiger partial charge < -0.3 is 5.32 Å². The first kappa shape index (κ1) is 16.5. The van der Waals surface area contributed by atoms with E-state index in [0.29, 0.717) is 5.02 Å². The molecule has 1 rings (SSSR count). The largest absolute Gasteiger partial charge is 0.312 e. The number of benzene rings is 1. The first-order valence-corrected chi connectivity index (χ1v) is 7.16. The Kier molecular flexibility index (Phi) is 5.40. The van der Waals surface area contributed by atoms with Crippen LogP contribution in [0.1, 0.15) is 46.6 Å². The van der Waals surface area contributed by atoms with Crippen LogP contribution in [0.5, 0.6) is 0 Å². The predicted octanol–water partition coefficient (Wildman–Crippen LogP) is 4.83. The molecule has 0 saturated carbocycles. The molecule has 0 aliphatic rings. The molecule has 0 aliphatic carbocycles. The molecule has 0 amide bonds. The van der Waals surface area contributed by atoms with Gasteiger partial charge >= 0.3 is 0 Å². The Morgan fingerprint density at radius 3 is 2.37 bits per heavy atom. The van der Waals surface area contributed by atoms with Crippen molar-refractivity contribution in [2.75, 3.05) is 6.54 Å². The molecule has 0 heterocycles. The predicted molar refractivity (Wildman–Crippen MR) is 81.3 cm³/mol. The highest BCUT2D eigenvalue weighted by Crippen LogP contribution is 2.29. The third-order valence-corrected chi connectivity index (χ3v) is 3.50. The third kappa shape index (κ3) is 6.40. The molecule has 1 aromatic rings. The average molecular weight is 286 g/mol. The fourth-order valence-electron chi connectivity index (χ4n) is 2.06. The van der Waals surface area contributed by atoms with Crippen LogP contribution < -0.4 is 5.32 Å². The molecule has 1 aromatic carbocycles. The summed E-state index contributed by atoms with van der Waals surface area (Å²) in [5, 5.41) is 4.13. The second-order valence-electron chi connectivity index (χ2n) is 7.00. The molecule has 108 valence electrons. The Hall–Kier alpha value is -0.600. The van der Waals surface area contributed by atoms with Crippen LogP contribution >= 0.6 is 11.6 Å². The van der Waals surface area contributed by atoms with E-state index in [9.17, 15) is 4.39 Å². The summed E-state index contributed by atoms with van der Waals surface area (Å²) < 4.78 is 13.3. The molecule has 0 aliphatic heterocycles. The molecule has 3 heteroatoms. The van der Waals surface area contributed by atoms with Gasteiger partial charge in [-0.25, -0.2) is 4.39 Å². The smallest absolute Gasteiger partial charge is 0.123 e. The van der Waals surface area contributed by atoms with Crippen molar-refractivity contribution in [1.82, 2.24) is 5.32 Å². The van der Waals surface area contributed by atoms with Crippen molar-refractivity contribution in [3.8, 4) is 0 Å². The maximum absolute atomic E-state index is 13.3. The Labute approximate surface area is 121 Å². The zero-order valence-electron chi connectivity index (χ0n) is 12.6. The van der Waals surface area contributed by atoms with E-state index >= 15 is 0 Å². The summed E-state index contributed by atoms with van der Waals surface area (Å²) in [7, 11) is 0. The van der Waals surface area contributed by atoms with Crippen LogP contribution in [0.3, 0.4) is 0 Å². The number of rotatable bonds is 5. The van der Waals surface area contributed by atoms with Crippen molar-refractivity contribution in [2.24, 2.45) is 5.41 Å². The van der Waals surface area contributed by atoms with Crippen LogP contribution in [0.25, 0.3) is 0 Å². The second kappa shape index (κ2) is 6.23. The van der Waals surface area contributed by atoms with E-state index in [1.165, 1.54) is 6.07 Å². The Balaban J connectivity index is 2.61. The number of hydrogen-bond donors (Lipinski definition) is 1. The van der Waals surface area contributed by atoms with Crippen molar-refractivity contribution in [2.45, 2.75) is 53.0 Å². The van der Waals surface area contributed by atoms with E-state index in [2.05, 4.69) is 39.9 Å². The highest BCUT2D eigenvalue weighted by atomic mass is 35.5. The lowest BCUT2D eigenvalue weighted by molar-refractivity contribution is 0.302. The minimum absolute atomic E-state index is 0.0929. The molecular formula is C16H25ClFN. The standard InChI is InChI=1S/C16H25ClFN/c1-15(2,3)19-9-8-16(4,5)11-12-10-13(18)6-7-14(12)17/h6-7,10,19H,8-9,11H2,1-5H3. The maximum Gasteiger partial charge on any atom is 0.123 e. The molecule has 0 bridgehead atoms. The topological polar surface area (TPSA) is 12.0 Å². The van der Waals surface area contributed by atoms with E-state index in [-0.39, 0.29) is 16.8 Å². The van der Waals surface area contributed by atoms with Gasteiger partial charge in [0.05, 0.1) is 0 Å². The van der Waals surface area contributed by atoms with Crippen LogP contribution in [0.2, 0.25) is 5.02 Å². The fraction of sp³-hybridized carbons (Fsp3) is 0.625. The van der Waals surface area contributed by atoms with Gasteiger partial charge in [-0.3, -0.25) is 0 Å². The van der Waals surface area contributed by atoms with Crippen LogP contribution in [0.15, 0.2) is 18.2 Å². The minimum Gasteiger partial charge on any atom is -0.312 e. The van der Waals surface area contributed by atoms with Crippen LogP contribution in [0.4, 0.5) is 4.39 Å². The summed E-state index contributed by atoms with van der Waals surface area (Å²) in [6.45, 7) is 11.8. The van der Waals surface area contributed by atoms with Gasteiger partial charge in [0.25, 0.3) is 0 Å². The average Bonchev–Trinajstić information content (AvgIpc) is 2.20. The molecule has 1 N–H and O–H groups in total. The highest BCUT2D eigenvalue weighted by molar-refractivity contribution is 6.31. The van der Waals surface area contributed by atoms with Crippen LogP contribution in [-0.2, 0) is 6.42 Å². The number of hydrogen-bond acceptors (Lipinski definition) is 1. The normalized spacial score (nSPS) is 12.8. The van der Waals surface area contributed by atoms with Gasteiger partial charge in [-0.2, -0.15) is 0 Å². The second-order valence-corrected chi connectivity index (χ2v) is 7.41. The van der Waals surface area contributed by atoms with E-state index in [0.717, 1.165) is 24.9 Å². The van der Waals surface area contributed by atoms with Gasteiger partial charge in [0.15, 0.2) is 0 Å². The monoisotopic (exact) mass is 285 g/mol. The molecule has 0 radical (unpaired) electrons. The Morgan fingerprint density at radius 2 is 1.79 bits per heavy atom. The fourth-order valence-corrected chi connectivity index (χ4v) is 2.24. The first-order chi connectivity index (χ1) is 8.59. The van der Waals surface area contributed by atoms with Crippen molar-refractivity contribution >= 4 is 11.6 Å². The summed E-state index contributed by atoms with van der Waals surface area (Å²) in [6, 6.07) is 4.58. The molecule has 0 atom stereocenters. The quantitative estimate of drug-likeness (QED) is 0.817. The molecule has 0 saturated heterocycles. The first-order valence-electron chi connectivity index (χ1n) is 6.78. The number of halogens is 2. The zero-order valence-corrected chi connectivity index (χ0v) is 13.4. The minimum atomic E-state index is -0.219. The molecular weight excluding hydrogens is 261 g/mol. The van der Waals surface area contributed by atoms with E-state index in [1.807, 2.05) is 0 Å². The molecule has 0 spiro atoms. The van der Waals surface area contributed by atoms with Crippen molar-refractivity contribution < 1.29 is 4.39 Å². The van der Waals surface area contributed by atoms with E-state index in [4.69, 9.17) is 11.6 Å². The molecule has 19 heavy (non-hydrogen) atoms. The summed E-state index contributed by atoms with van der Waals surface area (Å²) in [5.74, 6) is -0.219. The lowest BCUT2D eigenvalue weighted by Gasteiger charge is -2.28. The highest BCUT2D eigenvalue weighted by Gasteiger charge is 2.21. The lowest BCUT2D eigenvalue weighted by Crippen LogP contribution is -2.38. The van der Waals surface area contributed by atoms with Crippen molar-refractivity contribution in [1.29, 1.82) is 0 Å². The summed E-state index contributed by atoms with van der Waals surface area (Å²) >= 11 is 6.13. The van der Waals surface area contributed by atoms with Gasteiger partial charge in [0.2, 0.25) is 0 Å². The van der Waals surface area contributed by atoms with Gasteiger partial charge in [-0.05, 0) is 69.3 Å². The Morgan fingerprint density at radius 1 is 1.16 bits per heavy atom. The van der Waals surface area contributed by atoms with E-state index < -0.39 is 0 Å². The summed E-state index contributed by atoms with van der Waals surface area (Å²) in [6.07, 6.45) is 1.81. The Bertz CT molecular complexity index is 421. The van der Waals surface area contributed by atoms with Gasteiger partial charge in [0, 0.05) is 10.6 Å². The third-order valence-electron chi connectivity index (χ3n) is 3.13. The van der Waals surface area contributed by atoms with Crippen LogP contribution in [0, 0.1) is 11.2 Å². The van der Waals surface area contributed by atoms with Crippen molar-refractivity contribution in [3.63, 3.8) is 0 Å². The SMILES string of the molecule is CC(C)(CCNC(C)(C)C)Cc1cc(F)ccc1Cl. The summed E-state index contributed by atoms with van der Waals surface area (Å²) in [5.41, 5.74) is 1.12. The molecule has 0 aromatic heterocycles. The van der Waals surface area contributed by atoms with Gasteiger partial charge in [0.1, 0.15) is 5.82 Å². The van der Waals surface area contributed by atoms with Gasteiger partial charge in [-0.15, -0.1) is 0 Å². The zero-order chi connectivity index (χ0) is 14.7. The lowest BCUT2D eigenvalue weighted by atomic mass is 9.82. The molecule has 1 nitrogen and oxygen atoms in total. The van der Waals surface area contributed by atoms with Gasteiger partial charge in [-0.1, -0.05) is 25.4 Å². The molecule has 0 unspecified atom stereocenters. The maximum atomic E-state index is 13.3. The summed E-state index contributed by atoms with van der Waals surface area (Å²) in [4.78, 5) is 0. The number of nitrogens with one attached hydrogen (secondary N) is 1. The van der Waals surface area contributed by atoms with E-state index in [1.54, 1.807) is 12.1 Å². The molecule has 0 fully saturated rings.